The summed E-state index contributed by atoms with van der Waals surface area (Å²) in [6, 6.07) is 0.329. The normalized spacial score (nSPS) is 10.8. The minimum atomic E-state index is -2.80. The van der Waals surface area contributed by atoms with Gasteiger partial charge in [-0.15, -0.1) is 0 Å². The first-order valence-electron chi connectivity index (χ1n) is 6.68. The number of nitrogens with zero attached hydrogens (tertiary/aromatic N) is 1. The van der Waals surface area contributed by atoms with E-state index in [4.69, 9.17) is 0 Å². The van der Waals surface area contributed by atoms with Gasteiger partial charge in [-0.2, -0.15) is 0 Å². The molecule has 5 heteroatoms. The molecule has 0 aromatic rings. The molecule has 0 aliphatic rings. The van der Waals surface area contributed by atoms with Crippen LogP contribution >= 0.6 is 0 Å². The molecule has 0 aliphatic carbocycles. The second-order valence-electron chi connectivity index (χ2n) is 5.23. The van der Waals surface area contributed by atoms with Crippen molar-refractivity contribution in [2.45, 2.75) is 60.9 Å². The molecule has 0 rings (SSSR count). The maximum absolute atomic E-state index is 11.4. The average Bonchev–Trinajstić information content (AvgIpc) is 2.28. The Balaban J connectivity index is 0. The highest BCUT2D eigenvalue weighted by Crippen LogP contribution is 2.05. The van der Waals surface area contributed by atoms with Gasteiger partial charge in [0.05, 0.1) is 0 Å². The summed E-state index contributed by atoms with van der Waals surface area (Å²) in [5.41, 5.74) is 0. The zero-order valence-corrected chi connectivity index (χ0v) is 13.0. The lowest BCUT2D eigenvalue weighted by molar-refractivity contribution is -0.136. The van der Waals surface area contributed by atoms with Gasteiger partial charge < -0.3 is 4.90 Å². The lowest BCUT2D eigenvalue weighted by Crippen LogP contribution is -2.39. The Kier molecular flexibility index (Phi) is 10.6. The fourth-order valence-corrected chi connectivity index (χ4v) is 1.36. The number of Topliss-reactive ketones (excluding diaryl/α,β-unsaturated/α-hetero) is 1. The van der Waals surface area contributed by atoms with E-state index in [1.807, 2.05) is 39.5 Å². The number of hydrogen-bond acceptors (Lipinski definition) is 2. The Labute approximate surface area is 115 Å². The number of ketones is 1. The van der Waals surface area contributed by atoms with Gasteiger partial charge in [-0.25, -0.2) is 8.78 Å². The van der Waals surface area contributed by atoms with Crippen LogP contribution in [0.2, 0.25) is 0 Å². The van der Waals surface area contributed by atoms with Gasteiger partial charge in [0.2, 0.25) is 11.7 Å². The molecule has 3 nitrogen and oxygen atoms in total. The van der Waals surface area contributed by atoms with Crippen LogP contribution in [0.15, 0.2) is 0 Å². The smallest absolute Gasteiger partial charge is 0.296 e. The first-order valence-corrected chi connectivity index (χ1v) is 6.68. The molecular formula is C14H27F2NO2. The number of hydrogen-bond donors (Lipinski definition) is 0. The summed E-state index contributed by atoms with van der Waals surface area (Å²) < 4.78 is 22.7. The topological polar surface area (TPSA) is 37.4 Å². The van der Waals surface area contributed by atoms with Crippen molar-refractivity contribution >= 4 is 11.7 Å². The minimum absolute atomic E-state index is 0.123. The van der Waals surface area contributed by atoms with Crippen LogP contribution in [0.4, 0.5) is 8.78 Å². The Bertz CT molecular complexity index is 267. The zero-order valence-electron chi connectivity index (χ0n) is 13.0. The standard InChI is InChI=1S/C9H19NO.C5H8F2O/c1-6-10(8(4)5)9(11)7(2)3;1-3(2)4(8)5(6)7/h7-8H,6H2,1-5H3;3,5H,1-2H3. The van der Waals surface area contributed by atoms with E-state index in [1.165, 1.54) is 13.8 Å². The molecule has 0 aromatic carbocycles. The van der Waals surface area contributed by atoms with Gasteiger partial charge in [0.1, 0.15) is 0 Å². The van der Waals surface area contributed by atoms with Crippen LogP contribution in [0.1, 0.15) is 48.5 Å². The van der Waals surface area contributed by atoms with E-state index in [2.05, 4.69) is 0 Å². The van der Waals surface area contributed by atoms with Crippen molar-refractivity contribution in [3.05, 3.63) is 0 Å². The Hall–Kier alpha value is -1.00. The van der Waals surface area contributed by atoms with Crippen molar-refractivity contribution in [2.75, 3.05) is 6.54 Å². The Morgan fingerprint density at radius 3 is 1.42 bits per heavy atom. The third kappa shape index (κ3) is 8.67. The van der Waals surface area contributed by atoms with Gasteiger partial charge >= 0.3 is 0 Å². The molecule has 0 unspecified atom stereocenters. The van der Waals surface area contributed by atoms with E-state index in [9.17, 15) is 18.4 Å². The van der Waals surface area contributed by atoms with Crippen molar-refractivity contribution in [1.29, 1.82) is 0 Å². The van der Waals surface area contributed by atoms with Crippen LogP contribution < -0.4 is 0 Å². The second-order valence-corrected chi connectivity index (χ2v) is 5.23. The molecule has 0 aromatic heterocycles. The quantitative estimate of drug-likeness (QED) is 0.773. The molecule has 0 fully saturated rings. The van der Waals surface area contributed by atoms with Gasteiger partial charge in [-0.1, -0.05) is 27.7 Å². The Morgan fingerprint density at radius 2 is 1.37 bits per heavy atom. The van der Waals surface area contributed by atoms with E-state index in [0.29, 0.717) is 6.04 Å². The molecule has 0 saturated heterocycles. The summed E-state index contributed by atoms with van der Waals surface area (Å²) >= 11 is 0. The van der Waals surface area contributed by atoms with Gasteiger partial charge in [0.15, 0.2) is 0 Å². The van der Waals surface area contributed by atoms with Gasteiger partial charge in [-0.3, -0.25) is 9.59 Å². The molecule has 19 heavy (non-hydrogen) atoms. The summed E-state index contributed by atoms with van der Waals surface area (Å²) in [5, 5.41) is 0. The van der Waals surface area contributed by atoms with E-state index in [1.54, 1.807) is 0 Å². The van der Waals surface area contributed by atoms with Crippen LogP contribution in [-0.4, -0.2) is 35.6 Å². The van der Waals surface area contributed by atoms with Gasteiger partial charge in [0.25, 0.3) is 6.43 Å². The SMILES string of the molecule is CC(C)C(=O)C(F)F.CCN(C(=O)C(C)C)C(C)C. The van der Waals surface area contributed by atoms with E-state index in [0.717, 1.165) is 6.54 Å². The molecule has 0 heterocycles. The van der Waals surface area contributed by atoms with Crippen molar-refractivity contribution in [3.8, 4) is 0 Å². The van der Waals surface area contributed by atoms with E-state index in [-0.39, 0.29) is 11.8 Å². The van der Waals surface area contributed by atoms with Crippen LogP contribution in [0.3, 0.4) is 0 Å². The van der Waals surface area contributed by atoms with Crippen molar-refractivity contribution in [2.24, 2.45) is 11.8 Å². The molecule has 0 spiro atoms. The predicted octanol–water partition coefficient (Wildman–Crippen LogP) is 3.38. The summed E-state index contributed by atoms with van der Waals surface area (Å²) in [5.74, 6) is -1.15. The van der Waals surface area contributed by atoms with Gasteiger partial charge in [-0.05, 0) is 20.8 Å². The summed E-state index contributed by atoms with van der Waals surface area (Å²) in [7, 11) is 0. The predicted molar refractivity (Wildman–Crippen MR) is 73.2 cm³/mol. The van der Waals surface area contributed by atoms with Crippen molar-refractivity contribution in [3.63, 3.8) is 0 Å². The Morgan fingerprint density at radius 1 is 0.947 bits per heavy atom. The van der Waals surface area contributed by atoms with Crippen molar-refractivity contribution in [1.82, 2.24) is 4.90 Å². The molecule has 0 N–H and O–H groups in total. The number of alkyl halides is 2. The molecule has 0 aliphatic heterocycles. The number of halogens is 2. The highest BCUT2D eigenvalue weighted by Gasteiger charge is 2.18. The second kappa shape index (κ2) is 9.87. The minimum Gasteiger partial charge on any atom is -0.340 e. The van der Waals surface area contributed by atoms with Gasteiger partial charge in [0, 0.05) is 24.4 Å². The number of rotatable bonds is 5. The lowest BCUT2D eigenvalue weighted by Gasteiger charge is -2.26. The summed E-state index contributed by atoms with van der Waals surface area (Å²) in [6.45, 7) is 13.7. The number of carbonyl (C=O) groups is 2. The molecule has 114 valence electrons. The monoisotopic (exact) mass is 279 g/mol. The molecular weight excluding hydrogens is 252 g/mol. The van der Waals surface area contributed by atoms with Crippen LogP contribution in [-0.2, 0) is 9.59 Å². The third-order valence-electron chi connectivity index (χ3n) is 2.53. The fourth-order valence-electron chi connectivity index (χ4n) is 1.36. The summed E-state index contributed by atoms with van der Waals surface area (Å²) in [4.78, 5) is 23.4. The lowest BCUT2D eigenvalue weighted by atomic mass is 10.1. The van der Waals surface area contributed by atoms with Crippen LogP contribution in [0, 0.1) is 11.8 Å². The summed E-state index contributed by atoms with van der Waals surface area (Å²) in [6.07, 6.45) is -2.80. The average molecular weight is 279 g/mol. The molecule has 0 radical (unpaired) electrons. The first kappa shape index (κ1) is 20.3. The largest absolute Gasteiger partial charge is 0.340 e. The molecule has 0 atom stereocenters. The fraction of sp³-hybridized carbons (Fsp3) is 0.857. The van der Waals surface area contributed by atoms with E-state index < -0.39 is 18.1 Å². The highest BCUT2D eigenvalue weighted by atomic mass is 19.3. The maximum Gasteiger partial charge on any atom is 0.296 e. The van der Waals surface area contributed by atoms with E-state index >= 15 is 0 Å². The highest BCUT2D eigenvalue weighted by molar-refractivity contribution is 5.83. The molecule has 0 saturated carbocycles. The first-order chi connectivity index (χ1) is 8.56. The number of carbonyl (C=O) groups excluding carboxylic acids is 2. The maximum atomic E-state index is 11.4. The third-order valence-corrected chi connectivity index (χ3v) is 2.53. The molecule has 1 amide bonds. The number of amides is 1. The van der Waals surface area contributed by atoms with Crippen LogP contribution in [0.25, 0.3) is 0 Å². The van der Waals surface area contributed by atoms with Crippen molar-refractivity contribution < 1.29 is 18.4 Å². The van der Waals surface area contributed by atoms with Crippen LogP contribution in [0.5, 0.6) is 0 Å². The molecule has 0 bridgehead atoms. The zero-order chi connectivity index (χ0) is 15.7.